The van der Waals surface area contributed by atoms with Crippen molar-refractivity contribution in [1.29, 1.82) is 0 Å². The van der Waals surface area contributed by atoms with Crippen molar-refractivity contribution in [2.45, 2.75) is 58.0 Å². The Hall–Kier alpha value is -0.610. The second-order valence-corrected chi connectivity index (χ2v) is 5.07. The van der Waals surface area contributed by atoms with Gasteiger partial charge in [0.1, 0.15) is 0 Å². The number of nitrogens with two attached hydrogens (primary N) is 1. The monoisotopic (exact) mass is 241 g/mol. The number of carbonyl (C=O) groups is 1. The summed E-state index contributed by atoms with van der Waals surface area (Å²) in [6.45, 7) is 6.80. The first-order valence-corrected chi connectivity index (χ1v) is 6.92. The Kier molecular flexibility index (Phi) is 6.52. The van der Waals surface area contributed by atoms with Gasteiger partial charge in [-0.05, 0) is 32.7 Å². The molecule has 0 aliphatic carbocycles. The van der Waals surface area contributed by atoms with Crippen LogP contribution in [-0.2, 0) is 4.79 Å². The molecule has 4 heteroatoms. The Labute approximate surface area is 105 Å². The van der Waals surface area contributed by atoms with Gasteiger partial charge in [-0.15, -0.1) is 0 Å². The highest BCUT2D eigenvalue weighted by Gasteiger charge is 2.25. The highest BCUT2D eigenvalue weighted by atomic mass is 16.2. The SMILES string of the molecule is CCCCCNC(=O)C(C)N1CCCC(N)C1. The van der Waals surface area contributed by atoms with E-state index in [2.05, 4.69) is 17.1 Å². The van der Waals surface area contributed by atoms with Crippen LogP contribution in [0.5, 0.6) is 0 Å². The summed E-state index contributed by atoms with van der Waals surface area (Å²) in [5.41, 5.74) is 5.93. The van der Waals surface area contributed by atoms with Crippen molar-refractivity contribution in [3.63, 3.8) is 0 Å². The van der Waals surface area contributed by atoms with Gasteiger partial charge in [0.25, 0.3) is 0 Å². The summed E-state index contributed by atoms with van der Waals surface area (Å²) < 4.78 is 0. The molecule has 1 rings (SSSR count). The minimum absolute atomic E-state index is 0.0389. The maximum absolute atomic E-state index is 11.9. The lowest BCUT2D eigenvalue weighted by Gasteiger charge is -2.34. The van der Waals surface area contributed by atoms with Crippen molar-refractivity contribution in [3.05, 3.63) is 0 Å². The highest BCUT2D eigenvalue weighted by molar-refractivity contribution is 5.81. The maximum Gasteiger partial charge on any atom is 0.237 e. The van der Waals surface area contributed by atoms with Crippen molar-refractivity contribution in [2.75, 3.05) is 19.6 Å². The van der Waals surface area contributed by atoms with E-state index in [0.29, 0.717) is 0 Å². The zero-order valence-corrected chi connectivity index (χ0v) is 11.2. The van der Waals surface area contributed by atoms with Crippen LogP contribution in [0.1, 0.15) is 46.0 Å². The molecule has 0 saturated carbocycles. The van der Waals surface area contributed by atoms with Crippen LogP contribution in [0, 0.1) is 0 Å². The number of nitrogens with one attached hydrogen (secondary N) is 1. The second-order valence-electron chi connectivity index (χ2n) is 5.07. The Balaban J connectivity index is 2.25. The first kappa shape index (κ1) is 14.5. The summed E-state index contributed by atoms with van der Waals surface area (Å²) in [6, 6.07) is 0.196. The fraction of sp³-hybridized carbons (Fsp3) is 0.923. The van der Waals surface area contributed by atoms with E-state index in [9.17, 15) is 4.79 Å². The van der Waals surface area contributed by atoms with E-state index in [1.807, 2.05) is 6.92 Å². The van der Waals surface area contributed by atoms with Crippen LogP contribution in [-0.4, -0.2) is 42.5 Å². The van der Waals surface area contributed by atoms with E-state index in [4.69, 9.17) is 5.73 Å². The van der Waals surface area contributed by atoms with E-state index in [0.717, 1.165) is 38.9 Å². The summed E-state index contributed by atoms with van der Waals surface area (Å²) in [4.78, 5) is 14.1. The fourth-order valence-corrected chi connectivity index (χ4v) is 2.29. The van der Waals surface area contributed by atoms with Gasteiger partial charge in [-0.25, -0.2) is 0 Å². The molecule has 1 aliphatic heterocycles. The highest BCUT2D eigenvalue weighted by Crippen LogP contribution is 2.11. The molecule has 0 bridgehead atoms. The quantitative estimate of drug-likeness (QED) is 0.685. The summed E-state index contributed by atoms with van der Waals surface area (Å²) in [6.07, 6.45) is 5.64. The van der Waals surface area contributed by atoms with Gasteiger partial charge >= 0.3 is 0 Å². The summed E-state index contributed by atoms with van der Waals surface area (Å²) >= 11 is 0. The third-order valence-electron chi connectivity index (χ3n) is 3.50. The summed E-state index contributed by atoms with van der Waals surface area (Å²) in [7, 11) is 0. The molecule has 3 N–H and O–H groups in total. The molecule has 2 atom stereocenters. The first-order valence-electron chi connectivity index (χ1n) is 6.92. The Morgan fingerprint density at radius 1 is 1.53 bits per heavy atom. The Morgan fingerprint density at radius 2 is 2.29 bits per heavy atom. The van der Waals surface area contributed by atoms with E-state index >= 15 is 0 Å². The molecule has 1 heterocycles. The number of unbranched alkanes of at least 4 members (excludes halogenated alkanes) is 2. The van der Waals surface area contributed by atoms with Crippen LogP contribution in [0.15, 0.2) is 0 Å². The van der Waals surface area contributed by atoms with E-state index in [-0.39, 0.29) is 18.0 Å². The number of hydrogen-bond acceptors (Lipinski definition) is 3. The van der Waals surface area contributed by atoms with Crippen LogP contribution in [0.25, 0.3) is 0 Å². The average molecular weight is 241 g/mol. The molecule has 4 nitrogen and oxygen atoms in total. The lowest BCUT2D eigenvalue weighted by Crippen LogP contribution is -2.52. The molecular weight excluding hydrogens is 214 g/mol. The number of carbonyl (C=O) groups excluding carboxylic acids is 1. The Bertz CT molecular complexity index is 233. The van der Waals surface area contributed by atoms with Crippen molar-refractivity contribution in [3.8, 4) is 0 Å². The Morgan fingerprint density at radius 3 is 2.94 bits per heavy atom. The van der Waals surface area contributed by atoms with Gasteiger partial charge in [0.2, 0.25) is 5.91 Å². The van der Waals surface area contributed by atoms with Crippen LogP contribution in [0.4, 0.5) is 0 Å². The smallest absolute Gasteiger partial charge is 0.237 e. The third-order valence-corrected chi connectivity index (χ3v) is 3.50. The largest absolute Gasteiger partial charge is 0.355 e. The summed E-state index contributed by atoms with van der Waals surface area (Å²) in [5, 5.41) is 3.01. The lowest BCUT2D eigenvalue weighted by molar-refractivity contribution is -0.126. The minimum Gasteiger partial charge on any atom is -0.355 e. The van der Waals surface area contributed by atoms with E-state index in [1.54, 1.807) is 0 Å². The molecule has 100 valence electrons. The molecule has 0 aromatic rings. The predicted octanol–water partition coefficient (Wildman–Crippen LogP) is 1.10. The van der Waals surface area contributed by atoms with Crippen LogP contribution in [0.3, 0.4) is 0 Å². The molecule has 0 spiro atoms. The lowest BCUT2D eigenvalue weighted by atomic mass is 10.0. The van der Waals surface area contributed by atoms with Gasteiger partial charge in [0, 0.05) is 19.1 Å². The minimum atomic E-state index is -0.0389. The van der Waals surface area contributed by atoms with Gasteiger partial charge in [-0.3, -0.25) is 9.69 Å². The average Bonchev–Trinajstić information content (AvgIpc) is 2.33. The number of amides is 1. The van der Waals surface area contributed by atoms with Gasteiger partial charge in [0.05, 0.1) is 6.04 Å². The molecule has 0 aromatic carbocycles. The van der Waals surface area contributed by atoms with E-state index in [1.165, 1.54) is 12.8 Å². The van der Waals surface area contributed by atoms with Crippen molar-refractivity contribution in [2.24, 2.45) is 5.73 Å². The number of piperidine rings is 1. The fourth-order valence-electron chi connectivity index (χ4n) is 2.29. The molecule has 1 aliphatic rings. The predicted molar refractivity (Wildman–Crippen MR) is 70.8 cm³/mol. The van der Waals surface area contributed by atoms with Gasteiger partial charge in [-0.2, -0.15) is 0 Å². The molecule has 0 aromatic heterocycles. The third kappa shape index (κ3) is 5.04. The standard InChI is InChI=1S/C13H27N3O/c1-3-4-5-8-15-13(17)11(2)16-9-6-7-12(14)10-16/h11-12H,3-10,14H2,1-2H3,(H,15,17). The zero-order valence-electron chi connectivity index (χ0n) is 11.2. The molecule has 1 fully saturated rings. The van der Waals surface area contributed by atoms with Gasteiger partial charge in [0.15, 0.2) is 0 Å². The van der Waals surface area contributed by atoms with Gasteiger partial charge in [-0.1, -0.05) is 19.8 Å². The molecular formula is C13H27N3O. The van der Waals surface area contributed by atoms with Crippen molar-refractivity contribution in [1.82, 2.24) is 10.2 Å². The van der Waals surface area contributed by atoms with Crippen LogP contribution >= 0.6 is 0 Å². The number of rotatable bonds is 6. The van der Waals surface area contributed by atoms with E-state index < -0.39 is 0 Å². The molecule has 2 unspecified atom stereocenters. The molecule has 1 amide bonds. The topological polar surface area (TPSA) is 58.4 Å². The van der Waals surface area contributed by atoms with Gasteiger partial charge < -0.3 is 11.1 Å². The summed E-state index contributed by atoms with van der Waals surface area (Å²) in [5.74, 6) is 0.148. The zero-order chi connectivity index (χ0) is 12.7. The van der Waals surface area contributed by atoms with Crippen molar-refractivity contribution < 1.29 is 4.79 Å². The van der Waals surface area contributed by atoms with Crippen LogP contribution in [0.2, 0.25) is 0 Å². The second kappa shape index (κ2) is 7.67. The van der Waals surface area contributed by atoms with Crippen LogP contribution < -0.4 is 11.1 Å². The molecule has 0 radical (unpaired) electrons. The number of nitrogens with zero attached hydrogens (tertiary/aromatic N) is 1. The van der Waals surface area contributed by atoms with Crippen molar-refractivity contribution >= 4 is 5.91 Å². The molecule has 17 heavy (non-hydrogen) atoms. The molecule has 1 saturated heterocycles. The maximum atomic E-state index is 11.9. The first-order chi connectivity index (χ1) is 8.15. The number of likely N-dealkylation sites (tertiary alicyclic amines) is 1. The number of hydrogen-bond donors (Lipinski definition) is 2. The normalized spacial score (nSPS) is 23.4.